The molecule has 198 valence electrons. The van der Waals surface area contributed by atoms with Crippen molar-refractivity contribution in [1.29, 1.82) is 0 Å². The molecule has 0 N–H and O–H groups in total. The zero-order valence-corrected chi connectivity index (χ0v) is 22.8. The maximum absolute atomic E-state index is 14.1. The predicted octanol–water partition coefficient (Wildman–Crippen LogP) is 9.74. The van der Waals surface area contributed by atoms with E-state index in [0.29, 0.717) is 12.2 Å². The van der Waals surface area contributed by atoms with Crippen molar-refractivity contribution in [2.75, 3.05) is 0 Å². The highest BCUT2D eigenvalue weighted by atomic mass is 19.1. The van der Waals surface area contributed by atoms with Crippen LogP contribution in [0.1, 0.15) is 103 Å². The van der Waals surface area contributed by atoms with Crippen LogP contribution >= 0.6 is 0 Å². The monoisotopic (exact) mass is 494 g/mol. The molecule has 0 spiro atoms. The Morgan fingerprint density at radius 3 is 1.97 bits per heavy atom. The molecule has 1 saturated carbocycles. The second kappa shape index (κ2) is 15.2. The Balaban J connectivity index is 1.39. The standard InChI is InChI=1S/C33H47FO2/c1-4-6-7-8-9-10-26-11-13-27(14-12-26)15-16-28-17-19-29(20-18-28)30-21-23-31(24-22-30)36-33(35)32(34)25(3)5-2/h17-27,32H,4-16H2,1-3H3. The quantitative estimate of drug-likeness (QED) is 0.148. The summed E-state index contributed by atoms with van der Waals surface area (Å²) in [4.78, 5) is 12.0. The number of hydrogen-bond acceptors (Lipinski definition) is 2. The van der Waals surface area contributed by atoms with Gasteiger partial charge in [-0.2, -0.15) is 0 Å². The number of carbonyl (C=O) groups is 1. The van der Waals surface area contributed by atoms with Crippen molar-refractivity contribution >= 4 is 5.97 Å². The number of halogens is 1. The fourth-order valence-corrected chi connectivity index (χ4v) is 5.41. The topological polar surface area (TPSA) is 26.3 Å². The second-order valence-corrected chi connectivity index (χ2v) is 11.1. The third kappa shape index (κ3) is 9.05. The molecule has 2 aromatic rings. The highest BCUT2D eigenvalue weighted by Gasteiger charge is 2.25. The summed E-state index contributed by atoms with van der Waals surface area (Å²) in [5, 5.41) is 0. The lowest BCUT2D eigenvalue weighted by Gasteiger charge is -2.28. The maximum Gasteiger partial charge on any atom is 0.346 e. The lowest BCUT2D eigenvalue weighted by atomic mass is 9.77. The smallest absolute Gasteiger partial charge is 0.346 e. The van der Waals surface area contributed by atoms with Gasteiger partial charge in [0.1, 0.15) is 5.75 Å². The Bertz CT molecular complexity index is 881. The molecule has 0 radical (unpaired) electrons. The lowest BCUT2D eigenvalue weighted by molar-refractivity contribution is -0.141. The Kier molecular flexibility index (Phi) is 12.0. The summed E-state index contributed by atoms with van der Waals surface area (Å²) in [6, 6.07) is 16.2. The summed E-state index contributed by atoms with van der Waals surface area (Å²) in [5.41, 5.74) is 3.61. The fraction of sp³-hybridized carbons (Fsp3) is 0.606. The molecule has 1 aliphatic carbocycles. The summed E-state index contributed by atoms with van der Waals surface area (Å²) in [7, 11) is 0. The predicted molar refractivity (Wildman–Crippen MR) is 149 cm³/mol. The van der Waals surface area contributed by atoms with Gasteiger partial charge in [0.05, 0.1) is 0 Å². The highest BCUT2D eigenvalue weighted by molar-refractivity contribution is 5.77. The molecule has 3 rings (SSSR count). The van der Waals surface area contributed by atoms with E-state index in [1.165, 1.54) is 76.2 Å². The first-order valence-corrected chi connectivity index (χ1v) is 14.5. The van der Waals surface area contributed by atoms with E-state index in [4.69, 9.17) is 4.74 Å². The molecule has 2 atom stereocenters. The third-order valence-electron chi connectivity index (χ3n) is 8.25. The first-order chi connectivity index (χ1) is 17.5. The van der Waals surface area contributed by atoms with Crippen molar-refractivity contribution in [2.45, 2.75) is 110 Å². The minimum Gasteiger partial charge on any atom is -0.424 e. The highest BCUT2D eigenvalue weighted by Crippen LogP contribution is 2.34. The van der Waals surface area contributed by atoms with Gasteiger partial charge in [0, 0.05) is 0 Å². The molecular weight excluding hydrogens is 447 g/mol. The van der Waals surface area contributed by atoms with Crippen LogP contribution in [0.15, 0.2) is 48.5 Å². The minimum atomic E-state index is -1.59. The number of benzene rings is 2. The Labute approximate surface area is 219 Å². The Morgan fingerprint density at radius 1 is 0.833 bits per heavy atom. The number of rotatable bonds is 14. The largest absolute Gasteiger partial charge is 0.424 e. The summed E-state index contributed by atoms with van der Waals surface area (Å²) in [5.74, 6) is 1.11. The van der Waals surface area contributed by atoms with Crippen LogP contribution in [0, 0.1) is 17.8 Å². The summed E-state index contributed by atoms with van der Waals surface area (Å²) >= 11 is 0. The van der Waals surface area contributed by atoms with Gasteiger partial charge in [-0.3, -0.25) is 0 Å². The molecule has 1 aliphatic rings. The van der Waals surface area contributed by atoms with E-state index < -0.39 is 12.1 Å². The van der Waals surface area contributed by atoms with Gasteiger partial charge in [0.2, 0.25) is 0 Å². The molecule has 0 bridgehead atoms. The molecule has 1 fully saturated rings. The van der Waals surface area contributed by atoms with Crippen molar-refractivity contribution in [3.63, 3.8) is 0 Å². The first kappa shape index (κ1) is 28.4. The number of hydrogen-bond donors (Lipinski definition) is 0. The van der Waals surface area contributed by atoms with Gasteiger partial charge in [0.15, 0.2) is 6.17 Å². The number of carbonyl (C=O) groups excluding carboxylic acids is 1. The molecule has 0 saturated heterocycles. The molecule has 2 unspecified atom stereocenters. The SMILES string of the molecule is CCCCCCCC1CCC(CCc2ccc(-c3ccc(OC(=O)C(F)C(C)CC)cc3)cc2)CC1. The summed E-state index contributed by atoms with van der Waals surface area (Å²) in [6.07, 6.45) is 15.6. The average molecular weight is 495 g/mol. The van der Waals surface area contributed by atoms with Crippen molar-refractivity contribution < 1.29 is 13.9 Å². The number of esters is 1. The van der Waals surface area contributed by atoms with Crippen LogP contribution in [0.5, 0.6) is 5.75 Å². The third-order valence-corrected chi connectivity index (χ3v) is 8.25. The Hall–Kier alpha value is -2.16. The van der Waals surface area contributed by atoms with Crippen LogP contribution in [0.4, 0.5) is 4.39 Å². The minimum absolute atomic E-state index is 0.338. The van der Waals surface area contributed by atoms with Gasteiger partial charge in [-0.25, -0.2) is 9.18 Å². The molecule has 2 aromatic carbocycles. The van der Waals surface area contributed by atoms with Crippen molar-refractivity contribution in [2.24, 2.45) is 17.8 Å². The van der Waals surface area contributed by atoms with E-state index in [9.17, 15) is 9.18 Å². The maximum atomic E-state index is 14.1. The molecule has 0 heterocycles. The zero-order valence-electron chi connectivity index (χ0n) is 22.8. The number of unbranched alkanes of at least 4 members (excludes halogenated alkanes) is 4. The zero-order chi connectivity index (χ0) is 25.8. The number of ether oxygens (including phenoxy) is 1. The molecule has 0 aliphatic heterocycles. The van der Waals surface area contributed by atoms with E-state index in [0.717, 1.165) is 29.4 Å². The van der Waals surface area contributed by atoms with Crippen LogP contribution in [0.2, 0.25) is 0 Å². The van der Waals surface area contributed by atoms with Crippen molar-refractivity contribution in [1.82, 2.24) is 0 Å². The van der Waals surface area contributed by atoms with E-state index in [1.54, 1.807) is 19.1 Å². The van der Waals surface area contributed by atoms with Gasteiger partial charge in [-0.1, -0.05) is 128 Å². The van der Waals surface area contributed by atoms with Crippen LogP contribution in [-0.4, -0.2) is 12.1 Å². The average Bonchev–Trinajstić information content (AvgIpc) is 2.92. The van der Waals surface area contributed by atoms with E-state index in [-0.39, 0.29) is 5.92 Å². The lowest BCUT2D eigenvalue weighted by Crippen LogP contribution is -2.27. The van der Waals surface area contributed by atoms with Crippen LogP contribution in [0.25, 0.3) is 11.1 Å². The molecule has 36 heavy (non-hydrogen) atoms. The van der Waals surface area contributed by atoms with Crippen molar-refractivity contribution in [3.05, 3.63) is 54.1 Å². The van der Waals surface area contributed by atoms with Gasteiger partial charge in [0.25, 0.3) is 0 Å². The molecule has 3 heteroatoms. The van der Waals surface area contributed by atoms with Gasteiger partial charge >= 0.3 is 5.97 Å². The molecule has 0 amide bonds. The van der Waals surface area contributed by atoms with Crippen LogP contribution in [-0.2, 0) is 11.2 Å². The van der Waals surface area contributed by atoms with E-state index in [2.05, 4.69) is 31.2 Å². The normalized spacial score (nSPS) is 19.6. The molecule has 2 nitrogen and oxygen atoms in total. The summed E-state index contributed by atoms with van der Waals surface area (Å²) < 4.78 is 19.3. The number of aryl methyl sites for hydroxylation is 1. The van der Waals surface area contributed by atoms with Gasteiger partial charge in [-0.05, 0) is 59.4 Å². The van der Waals surface area contributed by atoms with E-state index in [1.807, 2.05) is 19.1 Å². The second-order valence-electron chi connectivity index (χ2n) is 11.1. The Morgan fingerprint density at radius 2 is 1.39 bits per heavy atom. The van der Waals surface area contributed by atoms with E-state index >= 15 is 0 Å². The fourth-order valence-electron chi connectivity index (χ4n) is 5.41. The molecule has 0 aromatic heterocycles. The molecular formula is C33H47FO2. The van der Waals surface area contributed by atoms with Crippen molar-refractivity contribution in [3.8, 4) is 16.9 Å². The summed E-state index contributed by atoms with van der Waals surface area (Å²) in [6.45, 7) is 5.88. The van der Waals surface area contributed by atoms with Crippen LogP contribution in [0.3, 0.4) is 0 Å². The van der Waals surface area contributed by atoms with Gasteiger partial charge < -0.3 is 4.74 Å². The van der Waals surface area contributed by atoms with Gasteiger partial charge in [-0.15, -0.1) is 0 Å². The first-order valence-electron chi connectivity index (χ1n) is 14.5. The number of alkyl halides is 1. The van der Waals surface area contributed by atoms with Crippen LogP contribution < -0.4 is 4.74 Å².